The van der Waals surface area contributed by atoms with Crippen molar-refractivity contribution in [3.8, 4) is 5.75 Å². The molecule has 1 atom stereocenters. The number of sulfonamides is 1. The van der Waals surface area contributed by atoms with Crippen LogP contribution in [-0.4, -0.2) is 52.9 Å². The molecule has 2 heterocycles. The van der Waals surface area contributed by atoms with Crippen LogP contribution >= 0.6 is 0 Å². The first-order chi connectivity index (χ1) is 11.0. The number of methoxy groups -OCH3 is 1. The van der Waals surface area contributed by atoms with Gasteiger partial charge in [0.15, 0.2) is 6.79 Å². The topological polar surface area (TPSA) is 65.1 Å². The van der Waals surface area contributed by atoms with Gasteiger partial charge in [-0.05, 0) is 31.0 Å². The molecule has 2 fully saturated rings. The van der Waals surface area contributed by atoms with Crippen molar-refractivity contribution >= 4 is 10.0 Å². The molecule has 2 saturated heterocycles. The Morgan fingerprint density at radius 2 is 2.22 bits per heavy atom. The summed E-state index contributed by atoms with van der Waals surface area (Å²) in [7, 11) is -2.40. The lowest BCUT2D eigenvalue weighted by molar-refractivity contribution is 0.0488. The maximum Gasteiger partial charge on any atom is 0.246 e. The minimum atomic E-state index is -3.83. The standard InChI is InChI=1S/C15H20FNO5S/c1-20-11-22-13-3-2-12(16)8-14(13)23(18,19)17-6-4-15(9-17)5-7-21-10-15/h2-3,8H,4-7,9-11H2,1H3. The first kappa shape index (κ1) is 16.6. The average Bonchev–Trinajstić information content (AvgIpc) is 3.17. The molecule has 2 aliphatic heterocycles. The summed E-state index contributed by atoms with van der Waals surface area (Å²) in [5, 5.41) is 0. The van der Waals surface area contributed by atoms with Crippen LogP contribution in [-0.2, 0) is 19.5 Å². The summed E-state index contributed by atoms with van der Waals surface area (Å²) >= 11 is 0. The molecule has 0 N–H and O–H groups in total. The highest BCUT2D eigenvalue weighted by Gasteiger charge is 2.45. The van der Waals surface area contributed by atoms with Crippen LogP contribution in [0.2, 0.25) is 0 Å². The number of benzene rings is 1. The zero-order valence-corrected chi connectivity index (χ0v) is 13.8. The van der Waals surface area contributed by atoms with Crippen LogP contribution < -0.4 is 4.74 Å². The Labute approximate surface area is 135 Å². The Kier molecular flexibility index (Phi) is 4.59. The fraction of sp³-hybridized carbons (Fsp3) is 0.600. The zero-order valence-electron chi connectivity index (χ0n) is 13.0. The summed E-state index contributed by atoms with van der Waals surface area (Å²) in [6.07, 6.45) is 1.62. The summed E-state index contributed by atoms with van der Waals surface area (Å²) in [5.74, 6) is -0.525. The Morgan fingerprint density at radius 1 is 1.39 bits per heavy atom. The predicted molar refractivity (Wildman–Crippen MR) is 80.1 cm³/mol. The van der Waals surface area contributed by atoms with Crippen LogP contribution in [0.3, 0.4) is 0 Å². The third-order valence-corrected chi connectivity index (χ3v) is 6.31. The van der Waals surface area contributed by atoms with Crippen LogP contribution in [0.1, 0.15) is 12.8 Å². The predicted octanol–water partition coefficient (Wildman–Crippen LogP) is 1.61. The summed E-state index contributed by atoms with van der Waals surface area (Å²) in [6.45, 7) is 1.94. The van der Waals surface area contributed by atoms with Crippen molar-refractivity contribution in [1.29, 1.82) is 0 Å². The minimum Gasteiger partial charge on any atom is -0.466 e. The molecule has 23 heavy (non-hydrogen) atoms. The molecule has 1 spiro atoms. The van der Waals surface area contributed by atoms with E-state index in [9.17, 15) is 12.8 Å². The Hall–Kier alpha value is -1.22. The van der Waals surface area contributed by atoms with E-state index in [1.807, 2.05) is 0 Å². The van der Waals surface area contributed by atoms with Gasteiger partial charge in [-0.15, -0.1) is 0 Å². The molecular weight excluding hydrogens is 325 g/mol. The van der Waals surface area contributed by atoms with Gasteiger partial charge in [-0.2, -0.15) is 4.31 Å². The lowest BCUT2D eigenvalue weighted by Gasteiger charge is -2.22. The second-order valence-corrected chi connectivity index (χ2v) is 7.94. The van der Waals surface area contributed by atoms with Crippen molar-refractivity contribution in [3.05, 3.63) is 24.0 Å². The molecule has 0 aromatic heterocycles. The number of nitrogens with zero attached hydrogens (tertiary/aromatic N) is 1. The van der Waals surface area contributed by atoms with Crippen LogP contribution in [0.5, 0.6) is 5.75 Å². The number of hydrogen-bond donors (Lipinski definition) is 0. The Balaban J connectivity index is 1.89. The van der Waals surface area contributed by atoms with Gasteiger partial charge in [0.2, 0.25) is 10.0 Å². The minimum absolute atomic E-state index is 0.0943. The van der Waals surface area contributed by atoms with Crippen LogP contribution in [0.4, 0.5) is 4.39 Å². The van der Waals surface area contributed by atoms with Gasteiger partial charge in [-0.3, -0.25) is 0 Å². The Bertz CT molecular complexity index is 672. The smallest absolute Gasteiger partial charge is 0.246 e. The largest absolute Gasteiger partial charge is 0.466 e. The molecule has 1 unspecified atom stereocenters. The van der Waals surface area contributed by atoms with E-state index < -0.39 is 15.8 Å². The van der Waals surface area contributed by atoms with Gasteiger partial charge in [0, 0.05) is 32.2 Å². The van der Waals surface area contributed by atoms with Crippen molar-refractivity contribution in [2.75, 3.05) is 40.2 Å². The molecule has 0 radical (unpaired) electrons. The lowest BCUT2D eigenvalue weighted by atomic mass is 9.87. The van der Waals surface area contributed by atoms with Crippen LogP contribution in [0.15, 0.2) is 23.1 Å². The number of rotatable bonds is 5. The second kappa shape index (κ2) is 6.35. The number of ether oxygens (including phenoxy) is 3. The lowest BCUT2D eigenvalue weighted by Crippen LogP contribution is -2.32. The van der Waals surface area contributed by atoms with Crippen molar-refractivity contribution in [1.82, 2.24) is 4.31 Å². The molecule has 6 nitrogen and oxygen atoms in total. The van der Waals surface area contributed by atoms with Crippen molar-refractivity contribution in [2.24, 2.45) is 5.41 Å². The summed E-state index contributed by atoms with van der Waals surface area (Å²) < 4.78 is 56.3. The fourth-order valence-corrected chi connectivity index (χ4v) is 4.83. The molecule has 8 heteroatoms. The van der Waals surface area contributed by atoms with Gasteiger partial charge in [0.25, 0.3) is 0 Å². The fourth-order valence-electron chi connectivity index (χ4n) is 3.13. The number of hydrogen-bond acceptors (Lipinski definition) is 5. The summed E-state index contributed by atoms with van der Waals surface area (Å²) in [5.41, 5.74) is -0.103. The van der Waals surface area contributed by atoms with Crippen molar-refractivity contribution < 1.29 is 27.0 Å². The molecule has 0 saturated carbocycles. The molecule has 0 aliphatic carbocycles. The maximum atomic E-state index is 13.6. The van der Waals surface area contributed by atoms with Gasteiger partial charge in [0.1, 0.15) is 16.5 Å². The Morgan fingerprint density at radius 3 is 2.91 bits per heavy atom. The molecule has 1 aromatic rings. The van der Waals surface area contributed by atoms with Crippen molar-refractivity contribution in [2.45, 2.75) is 17.7 Å². The quantitative estimate of drug-likeness (QED) is 0.759. The highest BCUT2D eigenvalue weighted by Crippen LogP contribution is 2.41. The SMILES string of the molecule is COCOc1ccc(F)cc1S(=O)(=O)N1CCC2(CCOC2)C1. The molecule has 1 aromatic carbocycles. The van der Waals surface area contributed by atoms with E-state index in [0.717, 1.165) is 18.9 Å². The molecule has 0 bridgehead atoms. The summed E-state index contributed by atoms with van der Waals surface area (Å²) in [6, 6.07) is 3.47. The first-order valence-corrected chi connectivity index (χ1v) is 8.90. The van der Waals surface area contributed by atoms with Crippen molar-refractivity contribution in [3.63, 3.8) is 0 Å². The van der Waals surface area contributed by atoms with Crippen LogP contribution in [0.25, 0.3) is 0 Å². The van der Waals surface area contributed by atoms with E-state index >= 15 is 0 Å². The van der Waals surface area contributed by atoms with Gasteiger partial charge < -0.3 is 14.2 Å². The third kappa shape index (κ3) is 3.21. The van der Waals surface area contributed by atoms with Crippen LogP contribution in [0, 0.1) is 11.2 Å². The molecule has 0 amide bonds. The highest BCUT2D eigenvalue weighted by molar-refractivity contribution is 7.89. The van der Waals surface area contributed by atoms with E-state index in [1.165, 1.54) is 23.5 Å². The average molecular weight is 345 g/mol. The van der Waals surface area contributed by atoms with E-state index in [1.54, 1.807) is 0 Å². The van der Waals surface area contributed by atoms with Gasteiger partial charge in [-0.1, -0.05) is 0 Å². The third-order valence-electron chi connectivity index (χ3n) is 4.44. The zero-order chi connectivity index (χ0) is 16.5. The molecule has 128 valence electrons. The summed E-state index contributed by atoms with van der Waals surface area (Å²) in [4.78, 5) is -0.162. The van der Waals surface area contributed by atoms with Gasteiger partial charge in [0.05, 0.1) is 6.61 Å². The monoisotopic (exact) mass is 345 g/mol. The molecule has 3 rings (SSSR count). The van der Waals surface area contributed by atoms with E-state index in [4.69, 9.17) is 14.2 Å². The highest BCUT2D eigenvalue weighted by atomic mass is 32.2. The molecular formula is C15H20FNO5S. The van der Waals surface area contributed by atoms with E-state index in [2.05, 4.69) is 0 Å². The van der Waals surface area contributed by atoms with E-state index in [0.29, 0.717) is 26.3 Å². The molecule has 2 aliphatic rings. The van der Waals surface area contributed by atoms with Gasteiger partial charge >= 0.3 is 0 Å². The second-order valence-electron chi connectivity index (χ2n) is 6.03. The maximum absolute atomic E-state index is 13.6. The first-order valence-electron chi connectivity index (χ1n) is 7.46. The number of halogens is 1. The van der Waals surface area contributed by atoms with E-state index in [-0.39, 0.29) is 22.9 Å². The normalized spacial score (nSPS) is 25.3. The van der Waals surface area contributed by atoms with Gasteiger partial charge in [-0.25, -0.2) is 12.8 Å².